The number of H-pyrrole nitrogens is 1. The second kappa shape index (κ2) is 5.44. The van der Waals surface area contributed by atoms with Crippen LogP contribution in [0.5, 0.6) is 0 Å². The van der Waals surface area contributed by atoms with Crippen molar-refractivity contribution >= 4 is 11.6 Å². The molecule has 0 atom stereocenters. The number of halogens is 1. The Balaban J connectivity index is 2.48. The van der Waals surface area contributed by atoms with Crippen molar-refractivity contribution in [2.75, 3.05) is 0 Å². The van der Waals surface area contributed by atoms with Crippen molar-refractivity contribution < 1.29 is 0 Å². The van der Waals surface area contributed by atoms with Crippen molar-refractivity contribution in [1.82, 2.24) is 19.3 Å². The average Bonchev–Trinajstić information content (AvgIpc) is 2.76. The van der Waals surface area contributed by atoms with Gasteiger partial charge in [0.25, 0.3) is 5.56 Å². The Labute approximate surface area is 114 Å². The third kappa shape index (κ3) is 2.78. The maximum Gasteiger partial charge on any atom is 0.329 e. The van der Waals surface area contributed by atoms with E-state index in [1.54, 1.807) is 24.0 Å². The number of nitrogens with one attached hydrogen (secondary N) is 1. The summed E-state index contributed by atoms with van der Waals surface area (Å²) in [6, 6.07) is 1.76. The highest BCUT2D eigenvalue weighted by Crippen LogP contribution is 2.08. The molecule has 7 heteroatoms. The molecule has 0 radical (unpaired) electrons. The van der Waals surface area contributed by atoms with E-state index in [0.717, 1.165) is 11.0 Å². The van der Waals surface area contributed by atoms with Crippen molar-refractivity contribution in [2.45, 2.75) is 26.3 Å². The van der Waals surface area contributed by atoms with Crippen LogP contribution in [0.1, 0.15) is 24.6 Å². The molecule has 0 aliphatic carbocycles. The third-order valence-corrected chi connectivity index (χ3v) is 3.14. The van der Waals surface area contributed by atoms with Crippen LogP contribution >= 0.6 is 11.6 Å². The van der Waals surface area contributed by atoms with Gasteiger partial charge in [-0.3, -0.25) is 19.0 Å². The van der Waals surface area contributed by atoms with Crippen molar-refractivity contribution in [3.05, 3.63) is 49.5 Å². The van der Waals surface area contributed by atoms with Crippen molar-refractivity contribution in [2.24, 2.45) is 7.05 Å². The van der Waals surface area contributed by atoms with Crippen LogP contribution in [0, 0.1) is 0 Å². The first-order chi connectivity index (χ1) is 9.02. The lowest BCUT2D eigenvalue weighted by molar-refractivity contribution is 0.649. The van der Waals surface area contributed by atoms with Crippen LogP contribution in [0.2, 0.25) is 5.15 Å². The van der Waals surface area contributed by atoms with Gasteiger partial charge in [-0.2, -0.15) is 5.10 Å². The zero-order valence-electron chi connectivity index (χ0n) is 10.8. The van der Waals surface area contributed by atoms with Crippen molar-refractivity contribution in [1.29, 1.82) is 0 Å². The average molecular weight is 283 g/mol. The van der Waals surface area contributed by atoms with Crippen LogP contribution in [0.3, 0.4) is 0 Å². The predicted molar refractivity (Wildman–Crippen MR) is 72.6 cm³/mol. The summed E-state index contributed by atoms with van der Waals surface area (Å²) >= 11 is 5.90. The van der Waals surface area contributed by atoms with E-state index in [9.17, 15) is 9.59 Å². The molecule has 0 amide bonds. The molecule has 2 aromatic rings. The van der Waals surface area contributed by atoms with Gasteiger partial charge in [0, 0.05) is 13.2 Å². The van der Waals surface area contributed by atoms with Crippen LogP contribution in [0.4, 0.5) is 0 Å². The van der Waals surface area contributed by atoms with Gasteiger partial charge in [0.15, 0.2) is 0 Å². The highest BCUT2D eigenvalue weighted by molar-refractivity contribution is 6.30. The van der Waals surface area contributed by atoms with Crippen molar-refractivity contribution in [3.63, 3.8) is 0 Å². The highest BCUT2D eigenvalue weighted by Gasteiger charge is 2.13. The molecular weight excluding hydrogens is 268 g/mol. The Morgan fingerprint density at radius 2 is 2.16 bits per heavy atom. The Kier molecular flexibility index (Phi) is 3.90. The SMILES string of the molecule is CCCc1c(Cl)[nH]c(=O)n(Cc2ccn(C)n2)c1=O. The summed E-state index contributed by atoms with van der Waals surface area (Å²) in [5.74, 6) is 0. The minimum atomic E-state index is -0.513. The number of hydrogen-bond acceptors (Lipinski definition) is 3. The largest absolute Gasteiger partial charge is 0.329 e. The summed E-state index contributed by atoms with van der Waals surface area (Å²) in [6.45, 7) is 2.09. The molecule has 2 rings (SSSR count). The molecule has 0 aromatic carbocycles. The number of nitrogens with zero attached hydrogens (tertiary/aromatic N) is 3. The van der Waals surface area contributed by atoms with E-state index in [-0.39, 0.29) is 17.3 Å². The summed E-state index contributed by atoms with van der Waals surface area (Å²) in [6.07, 6.45) is 3.08. The standard InChI is InChI=1S/C12H15ClN4O2/c1-3-4-9-10(13)14-12(19)17(11(9)18)7-8-5-6-16(2)15-8/h5-6H,3-4,7H2,1-2H3,(H,14,19). The van der Waals surface area contributed by atoms with Gasteiger partial charge in [-0.25, -0.2) is 4.79 Å². The number of aromatic nitrogens is 4. The molecule has 0 saturated carbocycles. The van der Waals surface area contributed by atoms with Gasteiger partial charge in [-0.15, -0.1) is 0 Å². The maximum atomic E-state index is 12.2. The molecule has 0 unspecified atom stereocenters. The van der Waals surface area contributed by atoms with E-state index in [2.05, 4.69) is 10.1 Å². The van der Waals surface area contributed by atoms with Crippen molar-refractivity contribution in [3.8, 4) is 0 Å². The number of hydrogen-bond donors (Lipinski definition) is 1. The number of aryl methyl sites for hydroxylation is 1. The Morgan fingerprint density at radius 1 is 1.42 bits per heavy atom. The second-order valence-electron chi connectivity index (χ2n) is 4.34. The molecule has 2 heterocycles. The van der Waals surface area contributed by atoms with Crippen LogP contribution in [0.15, 0.2) is 21.9 Å². The highest BCUT2D eigenvalue weighted by atomic mass is 35.5. The fraction of sp³-hybridized carbons (Fsp3) is 0.417. The molecule has 0 bridgehead atoms. The van der Waals surface area contributed by atoms with E-state index >= 15 is 0 Å². The summed E-state index contributed by atoms with van der Waals surface area (Å²) in [7, 11) is 1.78. The molecular formula is C12H15ClN4O2. The van der Waals surface area contributed by atoms with E-state index in [4.69, 9.17) is 11.6 Å². The molecule has 102 valence electrons. The van der Waals surface area contributed by atoms with Gasteiger partial charge >= 0.3 is 5.69 Å². The Bertz CT molecular complexity index is 698. The van der Waals surface area contributed by atoms with Crippen LogP contribution in [-0.2, 0) is 20.0 Å². The molecule has 1 N–H and O–H groups in total. The second-order valence-corrected chi connectivity index (χ2v) is 4.72. The fourth-order valence-electron chi connectivity index (χ4n) is 1.91. The first-order valence-electron chi connectivity index (χ1n) is 6.03. The lowest BCUT2D eigenvalue weighted by Gasteiger charge is -2.07. The van der Waals surface area contributed by atoms with Gasteiger partial charge in [0.1, 0.15) is 5.15 Å². The summed E-state index contributed by atoms with van der Waals surface area (Å²) < 4.78 is 2.75. The quantitative estimate of drug-likeness (QED) is 0.848. The van der Waals surface area contributed by atoms with Crippen LogP contribution in [-0.4, -0.2) is 19.3 Å². The topological polar surface area (TPSA) is 72.7 Å². The first-order valence-corrected chi connectivity index (χ1v) is 6.40. The summed E-state index contributed by atoms with van der Waals surface area (Å²) in [5, 5.41) is 4.29. The van der Waals surface area contributed by atoms with E-state index in [0.29, 0.717) is 17.7 Å². The lowest BCUT2D eigenvalue weighted by atomic mass is 10.2. The molecule has 6 nitrogen and oxygen atoms in total. The molecule has 0 saturated heterocycles. The first kappa shape index (κ1) is 13.6. The minimum Gasteiger partial charge on any atom is -0.297 e. The summed E-state index contributed by atoms with van der Waals surface area (Å²) in [4.78, 5) is 26.6. The van der Waals surface area contributed by atoms with Gasteiger partial charge < -0.3 is 0 Å². The lowest BCUT2D eigenvalue weighted by Crippen LogP contribution is -2.37. The van der Waals surface area contributed by atoms with Gasteiger partial charge in [0.2, 0.25) is 0 Å². The van der Waals surface area contributed by atoms with E-state index in [1.165, 1.54) is 0 Å². The number of rotatable bonds is 4. The van der Waals surface area contributed by atoms with E-state index < -0.39 is 5.69 Å². The molecule has 0 aliphatic rings. The minimum absolute atomic E-state index is 0.133. The number of aromatic amines is 1. The van der Waals surface area contributed by atoms with Crippen LogP contribution < -0.4 is 11.2 Å². The molecule has 0 aliphatic heterocycles. The Hall–Kier alpha value is -1.82. The predicted octanol–water partition coefficient (Wildman–Crippen LogP) is 0.924. The fourth-order valence-corrected chi connectivity index (χ4v) is 2.16. The van der Waals surface area contributed by atoms with E-state index in [1.807, 2.05) is 6.92 Å². The van der Waals surface area contributed by atoms with Gasteiger partial charge in [0.05, 0.1) is 17.8 Å². The van der Waals surface area contributed by atoms with Gasteiger partial charge in [-0.05, 0) is 12.5 Å². The molecule has 19 heavy (non-hydrogen) atoms. The monoisotopic (exact) mass is 282 g/mol. The summed E-state index contributed by atoms with van der Waals surface area (Å²) in [5.41, 5.74) is 0.237. The normalized spacial score (nSPS) is 10.9. The molecule has 2 aromatic heterocycles. The third-order valence-electron chi connectivity index (χ3n) is 2.82. The zero-order valence-corrected chi connectivity index (χ0v) is 11.6. The Morgan fingerprint density at radius 3 is 2.74 bits per heavy atom. The molecule has 0 spiro atoms. The van der Waals surface area contributed by atoms with Crippen LogP contribution in [0.25, 0.3) is 0 Å². The van der Waals surface area contributed by atoms with Gasteiger partial charge in [-0.1, -0.05) is 24.9 Å². The maximum absolute atomic E-state index is 12.2. The molecule has 0 fully saturated rings. The zero-order chi connectivity index (χ0) is 14.0. The smallest absolute Gasteiger partial charge is 0.297 e.